The van der Waals surface area contributed by atoms with E-state index in [-0.39, 0.29) is 13.1 Å². The van der Waals surface area contributed by atoms with E-state index in [2.05, 4.69) is 28.1 Å². The predicted molar refractivity (Wildman–Crippen MR) is 109 cm³/mol. The van der Waals surface area contributed by atoms with Crippen molar-refractivity contribution in [3.63, 3.8) is 0 Å². The number of halogens is 3. The van der Waals surface area contributed by atoms with Crippen LogP contribution in [0.5, 0.6) is 0 Å². The summed E-state index contributed by atoms with van der Waals surface area (Å²) in [4.78, 5) is 16.1. The number of nitrogens with zero attached hydrogens (tertiary/aromatic N) is 7. The van der Waals surface area contributed by atoms with E-state index in [1.54, 1.807) is 11.3 Å². The molecule has 0 bridgehead atoms. The third kappa shape index (κ3) is 3.38. The molecule has 0 radical (unpaired) electrons. The number of hydrogen-bond donors (Lipinski definition) is 0. The first-order chi connectivity index (χ1) is 14.4. The van der Waals surface area contributed by atoms with Gasteiger partial charge in [-0.15, -0.1) is 21.5 Å². The van der Waals surface area contributed by atoms with Gasteiger partial charge < -0.3 is 14.4 Å². The Balaban J connectivity index is 1.55. The summed E-state index contributed by atoms with van der Waals surface area (Å²) < 4.78 is 40.7. The van der Waals surface area contributed by atoms with Crippen LogP contribution >= 0.6 is 11.3 Å². The Labute approximate surface area is 175 Å². The minimum atomic E-state index is -4.50. The van der Waals surface area contributed by atoms with Crippen molar-refractivity contribution >= 4 is 33.3 Å². The van der Waals surface area contributed by atoms with Crippen LogP contribution < -0.4 is 9.80 Å². The molecule has 0 atom stereocenters. The molecule has 0 amide bonds. The van der Waals surface area contributed by atoms with Crippen LogP contribution in [-0.2, 0) is 25.7 Å². The number of rotatable bonds is 4. The van der Waals surface area contributed by atoms with Crippen molar-refractivity contribution in [2.75, 3.05) is 29.4 Å². The summed E-state index contributed by atoms with van der Waals surface area (Å²) in [5, 5.41) is 8.17. The zero-order chi connectivity index (χ0) is 20.9. The van der Waals surface area contributed by atoms with Crippen LogP contribution in [0.25, 0.3) is 10.2 Å². The third-order valence-corrected chi connectivity index (χ3v) is 6.69. The van der Waals surface area contributed by atoms with Gasteiger partial charge in [0.05, 0.1) is 11.9 Å². The van der Waals surface area contributed by atoms with Crippen molar-refractivity contribution in [2.45, 2.75) is 51.9 Å². The van der Waals surface area contributed by atoms with Crippen LogP contribution in [-0.4, -0.2) is 44.4 Å². The summed E-state index contributed by atoms with van der Waals surface area (Å²) in [5.74, 6) is 0.877. The van der Waals surface area contributed by atoms with Gasteiger partial charge in [-0.25, -0.2) is 4.98 Å². The third-order valence-electron chi connectivity index (χ3n) is 5.60. The second-order valence-electron chi connectivity index (χ2n) is 7.73. The highest BCUT2D eigenvalue weighted by atomic mass is 32.1. The number of aromatic nitrogens is 5. The molecular formula is C19H22F3N7S. The van der Waals surface area contributed by atoms with Crippen LogP contribution in [0.2, 0.25) is 0 Å². The average Bonchev–Trinajstić information content (AvgIpc) is 3.44. The standard InChI is InChI=1S/C19H22F3N7S/c1-2-5-12-10-13-15(23-18(24-16(13)30-12)27-6-3-4-7-27)28-8-9-29-14(11-28)25-26-17(29)19(20,21)22/h10H,2-9,11H2,1H3. The van der Waals surface area contributed by atoms with Gasteiger partial charge in [0.1, 0.15) is 10.6 Å². The van der Waals surface area contributed by atoms with E-state index in [0.717, 1.165) is 54.8 Å². The second kappa shape index (κ2) is 7.36. The van der Waals surface area contributed by atoms with Crippen molar-refractivity contribution in [3.05, 3.63) is 22.6 Å². The highest BCUT2D eigenvalue weighted by molar-refractivity contribution is 7.18. The summed E-state index contributed by atoms with van der Waals surface area (Å²) in [5.41, 5.74) is 0. The van der Waals surface area contributed by atoms with Crippen LogP contribution in [0.1, 0.15) is 42.7 Å². The fourth-order valence-electron chi connectivity index (χ4n) is 4.16. The highest BCUT2D eigenvalue weighted by Gasteiger charge is 2.39. The Hall–Kier alpha value is -2.43. The van der Waals surface area contributed by atoms with E-state index < -0.39 is 12.0 Å². The molecule has 0 spiro atoms. The number of hydrogen-bond acceptors (Lipinski definition) is 7. The fourth-order valence-corrected chi connectivity index (χ4v) is 5.28. The first kappa shape index (κ1) is 19.5. The number of aryl methyl sites for hydroxylation is 1. The van der Waals surface area contributed by atoms with Gasteiger partial charge in [-0.1, -0.05) is 13.3 Å². The molecule has 160 valence electrons. The zero-order valence-electron chi connectivity index (χ0n) is 16.6. The quantitative estimate of drug-likeness (QED) is 0.618. The number of thiophene rings is 1. The largest absolute Gasteiger partial charge is 0.451 e. The van der Waals surface area contributed by atoms with Crippen LogP contribution in [0.4, 0.5) is 24.9 Å². The molecule has 30 heavy (non-hydrogen) atoms. The zero-order valence-corrected chi connectivity index (χ0v) is 17.4. The van der Waals surface area contributed by atoms with E-state index >= 15 is 0 Å². The molecule has 0 aromatic carbocycles. The first-order valence-corrected chi connectivity index (χ1v) is 11.1. The molecular weight excluding hydrogens is 415 g/mol. The van der Waals surface area contributed by atoms with E-state index in [4.69, 9.17) is 9.97 Å². The molecule has 2 aliphatic rings. The molecule has 1 fully saturated rings. The van der Waals surface area contributed by atoms with Crippen molar-refractivity contribution in [3.8, 4) is 0 Å². The molecule has 3 aromatic heterocycles. The second-order valence-corrected chi connectivity index (χ2v) is 8.85. The number of alkyl halides is 3. The molecule has 0 unspecified atom stereocenters. The lowest BCUT2D eigenvalue weighted by molar-refractivity contribution is -0.147. The van der Waals surface area contributed by atoms with Gasteiger partial charge in [0.15, 0.2) is 5.82 Å². The molecule has 0 N–H and O–H groups in total. The number of anilines is 2. The average molecular weight is 437 g/mol. The summed E-state index contributed by atoms with van der Waals surface area (Å²) in [6.07, 6.45) is -0.240. The van der Waals surface area contributed by atoms with E-state index in [1.165, 1.54) is 9.44 Å². The Morgan fingerprint density at radius 2 is 1.83 bits per heavy atom. The molecule has 7 nitrogen and oxygen atoms in total. The lowest BCUT2D eigenvalue weighted by Crippen LogP contribution is -2.36. The van der Waals surface area contributed by atoms with Gasteiger partial charge in [-0.05, 0) is 25.3 Å². The van der Waals surface area contributed by atoms with Crippen molar-refractivity contribution in [1.82, 2.24) is 24.7 Å². The molecule has 11 heteroatoms. The monoisotopic (exact) mass is 437 g/mol. The molecule has 5 heterocycles. The van der Waals surface area contributed by atoms with Crippen molar-refractivity contribution in [1.29, 1.82) is 0 Å². The Kier molecular flexibility index (Phi) is 4.79. The first-order valence-electron chi connectivity index (χ1n) is 10.2. The van der Waals surface area contributed by atoms with Gasteiger partial charge in [0, 0.05) is 31.1 Å². The van der Waals surface area contributed by atoms with Crippen molar-refractivity contribution < 1.29 is 13.2 Å². The highest BCUT2D eigenvalue weighted by Crippen LogP contribution is 2.36. The molecule has 2 aliphatic heterocycles. The molecule has 3 aromatic rings. The van der Waals surface area contributed by atoms with Gasteiger partial charge in [0.25, 0.3) is 0 Å². The molecule has 0 saturated carbocycles. The minimum absolute atomic E-state index is 0.174. The topological polar surface area (TPSA) is 63.0 Å². The molecule has 5 rings (SSSR count). The normalized spacial score (nSPS) is 17.2. The van der Waals surface area contributed by atoms with Crippen LogP contribution in [0, 0.1) is 0 Å². The van der Waals surface area contributed by atoms with Gasteiger partial charge in [-0.2, -0.15) is 18.2 Å². The van der Waals surface area contributed by atoms with E-state index in [1.807, 2.05) is 4.90 Å². The van der Waals surface area contributed by atoms with Crippen LogP contribution in [0.3, 0.4) is 0 Å². The van der Waals surface area contributed by atoms with Gasteiger partial charge in [0.2, 0.25) is 11.8 Å². The predicted octanol–water partition coefficient (Wildman–Crippen LogP) is 3.87. The molecule has 0 aliphatic carbocycles. The fraction of sp³-hybridized carbons (Fsp3) is 0.579. The summed E-state index contributed by atoms with van der Waals surface area (Å²) >= 11 is 1.68. The van der Waals surface area contributed by atoms with E-state index in [9.17, 15) is 13.2 Å². The maximum absolute atomic E-state index is 13.2. The van der Waals surface area contributed by atoms with Crippen molar-refractivity contribution in [2.24, 2.45) is 0 Å². The van der Waals surface area contributed by atoms with Crippen LogP contribution in [0.15, 0.2) is 6.07 Å². The van der Waals surface area contributed by atoms with Gasteiger partial charge >= 0.3 is 6.18 Å². The maximum atomic E-state index is 13.2. The maximum Gasteiger partial charge on any atom is 0.451 e. The Morgan fingerprint density at radius 1 is 1.03 bits per heavy atom. The smallest absolute Gasteiger partial charge is 0.347 e. The summed E-state index contributed by atoms with van der Waals surface area (Å²) in [6.45, 7) is 4.84. The lowest BCUT2D eigenvalue weighted by atomic mass is 10.2. The lowest BCUT2D eigenvalue weighted by Gasteiger charge is -2.30. The van der Waals surface area contributed by atoms with Gasteiger partial charge in [-0.3, -0.25) is 0 Å². The molecule has 1 saturated heterocycles. The number of fused-ring (bicyclic) bond motifs is 2. The Morgan fingerprint density at radius 3 is 2.57 bits per heavy atom. The summed E-state index contributed by atoms with van der Waals surface area (Å²) in [6, 6.07) is 2.13. The SMILES string of the molecule is CCCc1cc2c(N3CCn4c(nnc4C(F)(F)F)C3)nc(N3CCCC3)nc2s1. The minimum Gasteiger partial charge on any atom is -0.347 e. The van der Waals surface area contributed by atoms with E-state index in [0.29, 0.717) is 18.3 Å². The Bertz CT molecular complexity index is 1070. The summed E-state index contributed by atoms with van der Waals surface area (Å²) in [7, 11) is 0.